The maximum Gasteiger partial charge on any atom is 0.374 e. The van der Waals surface area contributed by atoms with Crippen LogP contribution in [0.3, 0.4) is 0 Å². The largest absolute Gasteiger partial charge is 0.460 e. The number of aromatic nitrogens is 2. The van der Waals surface area contributed by atoms with Gasteiger partial charge in [0.2, 0.25) is 5.82 Å². The predicted molar refractivity (Wildman–Crippen MR) is 59.1 cm³/mol. The highest BCUT2D eigenvalue weighted by Gasteiger charge is 2.24. The number of hydrogen-bond donors (Lipinski definition) is 1. The average molecular weight is 216 g/mol. The van der Waals surface area contributed by atoms with Crippen LogP contribution in [0.25, 0.3) is 11.0 Å². The molecule has 1 saturated carbocycles. The van der Waals surface area contributed by atoms with E-state index in [1.54, 1.807) is 0 Å². The highest BCUT2D eigenvalue weighted by Crippen LogP contribution is 2.29. The van der Waals surface area contributed by atoms with Gasteiger partial charge in [-0.25, -0.2) is 9.78 Å². The molecular formula is C12H12N2O2. The van der Waals surface area contributed by atoms with E-state index in [0.717, 1.165) is 11.0 Å². The highest BCUT2D eigenvalue weighted by molar-refractivity contribution is 5.90. The van der Waals surface area contributed by atoms with E-state index in [-0.39, 0.29) is 5.97 Å². The van der Waals surface area contributed by atoms with Gasteiger partial charge in [0, 0.05) is 0 Å². The average Bonchev–Trinajstić information content (AvgIpc) is 3.02. The first-order valence-corrected chi connectivity index (χ1v) is 5.45. The second kappa shape index (κ2) is 3.63. The van der Waals surface area contributed by atoms with Crippen molar-refractivity contribution in [2.75, 3.05) is 6.61 Å². The van der Waals surface area contributed by atoms with E-state index in [1.165, 1.54) is 12.8 Å². The summed E-state index contributed by atoms with van der Waals surface area (Å²) in [7, 11) is 0. The molecule has 82 valence electrons. The Morgan fingerprint density at radius 2 is 2.25 bits per heavy atom. The van der Waals surface area contributed by atoms with Crippen LogP contribution in [-0.2, 0) is 4.74 Å². The Morgan fingerprint density at radius 1 is 1.44 bits per heavy atom. The number of imidazole rings is 1. The number of aromatic amines is 1. The number of esters is 1. The van der Waals surface area contributed by atoms with Crippen LogP contribution in [0.4, 0.5) is 0 Å². The van der Waals surface area contributed by atoms with E-state index >= 15 is 0 Å². The van der Waals surface area contributed by atoms with Gasteiger partial charge in [-0.15, -0.1) is 0 Å². The number of H-pyrrole nitrogens is 1. The summed E-state index contributed by atoms with van der Waals surface area (Å²) in [4.78, 5) is 18.8. The molecule has 0 amide bonds. The zero-order valence-corrected chi connectivity index (χ0v) is 8.77. The van der Waals surface area contributed by atoms with Crippen molar-refractivity contribution >= 4 is 17.0 Å². The molecule has 0 radical (unpaired) electrons. The van der Waals surface area contributed by atoms with Gasteiger partial charge in [-0.1, -0.05) is 12.1 Å². The number of rotatable bonds is 3. The fourth-order valence-corrected chi connectivity index (χ4v) is 1.60. The molecule has 4 heteroatoms. The molecule has 0 aliphatic heterocycles. The number of nitrogens with one attached hydrogen (secondary N) is 1. The van der Waals surface area contributed by atoms with Crippen molar-refractivity contribution in [1.29, 1.82) is 0 Å². The van der Waals surface area contributed by atoms with E-state index in [4.69, 9.17) is 4.74 Å². The number of nitrogens with zero attached hydrogens (tertiary/aromatic N) is 1. The minimum Gasteiger partial charge on any atom is -0.460 e. The molecule has 1 aromatic heterocycles. The SMILES string of the molecule is O=C(OCC1CC1)c1nc2ccccc2[nH]1. The number of fused-ring (bicyclic) bond motifs is 1. The van der Waals surface area contributed by atoms with Crippen LogP contribution >= 0.6 is 0 Å². The van der Waals surface area contributed by atoms with Gasteiger partial charge in [-0.05, 0) is 30.9 Å². The van der Waals surface area contributed by atoms with Crippen molar-refractivity contribution in [2.45, 2.75) is 12.8 Å². The second-order valence-electron chi connectivity index (χ2n) is 4.14. The maximum absolute atomic E-state index is 11.6. The Morgan fingerprint density at radius 3 is 3.00 bits per heavy atom. The molecule has 0 saturated heterocycles. The maximum atomic E-state index is 11.6. The number of benzene rings is 1. The van der Waals surface area contributed by atoms with Gasteiger partial charge in [0.1, 0.15) is 0 Å². The van der Waals surface area contributed by atoms with Crippen molar-refractivity contribution < 1.29 is 9.53 Å². The van der Waals surface area contributed by atoms with Crippen molar-refractivity contribution in [3.63, 3.8) is 0 Å². The van der Waals surface area contributed by atoms with Crippen LogP contribution in [0.5, 0.6) is 0 Å². The Kier molecular flexibility index (Phi) is 2.13. The van der Waals surface area contributed by atoms with Gasteiger partial charge in [0.15, 0.2) is 0 Å². The van der Waals surface area contributed by atoms with Gasteiger partial charge >= 0.3 is 5.97 Å². The first-order chi connectivity index (χ1) is 7.83. The molecule has 16 heavy (non-hydrogen) atoms. The molecule has 0 bridgehead atoms. The van der Waals surface area contributed by atoms with Crippen molar-refractivity contribution in [2.24, 2.45) is 5.92 Å². The molecule has 1 aromatic carbocycles. The van der Waals surface area contributed by atoms with Gasteiger partial charge in [0.05, 0.1) is 17.6 Å². The van der Waals surface area contributed by atoms with E-state index in [1.807, 2.05) is 24.3 Å². The predicted octanol–water partition coefficient (Wildman–Crippen LogP) is 2.13. The van der Waals surface area contributed by atoms with Crippen LogP contribution in [0.15, 0.2) is 24.3 Å². The zero-order valence-electron chi connectivity index (χ0n) is 8.77. The molecule has 1 fully saturated rings. The van der Waals surface area contributed by atoms with Crippen LogP contribution in [-0.4, -0.2) is 22.5 Å². The first-order valence-electron chi connectivity index (χ1n) is 5.45. The van der Waals surface area contributed by atoms with Gasteiger partial charge < -0.3 is 9.72 Å². The van der Waals surface area contributed by atoms with Crippen molar-refractivity contribution in [1.82, 2.24) is 9.97 Å². The van der Waals surface area contributed by atoms with Gasteiger partial charge in [0.25, 0.3) is 0 Å². The third-order valence-corrected chi connectivity index (χ3v) is 2.73. The van der Waals surface area contributed by atoms with E-state index in [0.29, 0.717) is 18.3 Å². The fraction of sp³-hybridized carbons (Fsp3) is 0.333. The van der Waals surface area contributed by atoms with Gasteiger partial charge in [-0.2, -0.15) is 0 Å². The van der Waals surface area contributed by atoms with E-state index in [2.05, 4.69) is 9.97 Å². The molecular weight excluding hydrogens is 204 g/mol. The number of carbonyl (C=O) groups is 1. The molecule has 1 N–H and O–H groups in total. The molecule has 0 spiro atoms. The lowest BCUT2D eigenvalue weighted by Crippen LogP contribution is -2.09. The summed E-state index contributed by atoms with van der Waals surface area (Å²) in [6.45, 7) is 0.524. The minimum absolute atomic E-state index is 0.293. The summed E-state index contributed by atoms with van der Waals surface area (Å²) in [6.07, 6.45) is 2.35. The van der Waals surface area contributed by atoms with Crippen molar-refractivity contribution in [3.05, 3.63) is 30.1 Å². The third-order valence-electron chi connectivity index (χ3n) is 2.73. The Bertz CT molecular complexity index is 496. The highest BCUT2D eigenvalue weighted by atomic mass is 16.5. The lowest BCUT2D eigenvalue weighted by molar-refractivity contribution is 0.0473. The normalized spacial score (nSPS) is 15.2. The number of carbonyl (C=O) groups excluding carboxylic acids is 1. The summed E-state index contributed by atoms with van der Waals surface area (Å²) in [6, 6.07) is 7.55. The Hall–Kier alpha value is -1.84. The molecule has 1 aliphatic carbocycles. The van der Waals surface area contributed by atoms with Gasteiger partial charge in [-0.3, -0.25) is 0 Å². The van der Waals surface area contributed by atoms with E-state index in [9.17, 15) is 4.79 Å². The molecule has 0 atom stereocenters. The van der Waals surface area contributed by atoms with Crippen LogP contribution in [0.1, 0.15) is 23.5 Å². The third kappa shape index (κ3) is 1.78. The molecule has 4 nitrogen and oxygen atoms in total. The Labute approximate surface area is 92.6 Å². The lowest BCUT2D eigenvalue weighted by Gasteiger charge is -1.99. The molecule has 3 rings (SSSR count). The lowest BCUT2D eigenvalue weighted by atomic mass is 10.3. The van der Waals surface area contributed by atoms with Crippen molar-refractivity contribution in [3.8, 4) is 0 Å². The topological polar surface area (TPSA) is 55.0 Å². The Balaban J connectivity index is 1.78. The second-order valence-corrected chi connectivity index (χ2v) is 4.14. The molecule has 1 aliphatic rings. The minimum atomic E-state index is -0.358. The van der Waals surface area contributed by atoms with Crippen LogP contribution in [0.2, 0.25) is 0 Å². The summed E-state index contributed by atoms with van der Waals surface area (Å²) >= 11 is 0. The number of ether oxygens (including phenoxy) is 1. The van der Waals surface area contributed by atoms with Crippen LogP contribution < -0.4 is 0 Å². The van der Waals surface area contributed by atoms with E-state index < -0.39 is 0 Å². The first kappa shape index (κ1) is 9.39. The molecule has 1 heterocycles. The summed E-state index contributed by atoms with van der Waals surface area (Å²) < 4.78 is 5.15. The standard InChI is InChI=1S/C12H12N2O2/c15-12(16-7-8-5-6-8)11-13-9-3-1-2-4-10(9)14-11/h1-4,8H,5-7H2,(H,13,14). The number of para-hydroxylation sites is 2. The molecule has 0 unspecified atom stereocenters. The smallest absolute Gasteiger partial charge is 0.374 e. The molecule has 2 aromatic rings. The quantitative estimate of drug-likeness (QED) is 0.799. The summed E-state index contributed by atoms with van der Waals surface area (Å²) in [5.74, 6) is 0.512. The summed E-state index contributed by atoms with van der Waals surface area (Å²) in [5, 5.41) is 0. The van der Waals surface area contributed by atoms with Crippen LogP contribution in [0, 0.1) is 5.92 Å². The monoisotopic (exact) mass is 216 g/mol. The number of hydrogen-bond acceptors (Lipinski definition) is 3. The fourth-order valence-electron chi connectivity index (χ4n) is 1.60. The summed E-state index contributed by atoms with van der Waals surface area (Å²) in [5.41, 5.74) is 1.65. The zero-order chi connectivity index (χ0) is 11.0.